The number of rotatable bonds is 2. The molecule has 0 radical (unpaired) electrons. The Labute approximate surface area is 92.8 Å². The molecule has 0 aliphatic carbocycles. The van der Waals surface area contributed by atoms with Gasteiger partial charge < -0.3 is 10.2 Å². The van der Waals surface area contributed by atoms with Gasteiger partial charge in [-0.2, -0.15) is 5.26 Å². The van der Waals surface area contributed by atoms with Gasteiger partial charge in [0.1, 0.15) is 11.8 Å². The van der Waals surface area contributed by atoms with E-state index in [1.54, 1.807) is 0 Å². The normalized spacial score (nSPS) is 28.0. The molecule has 1 saturated heterocycles. The van der Waals surface area contributed by atoms with E-state index >= 15 is 0 Å². The molecule has 0 saturated carbocycles. The van der Waals surface area contributed by atoms with Crippen molar-refractivity contribution in [3.8, 4) is 6.07 Å². The maximum absolute atomic E-state index is 9.12. The van der Waals surface area contributed by atoms with Crippen molar-refractivity contribution in [1.29, 1.82) is 5.26 Å². The van der Waals surface area contributed by atoms with Gasteiger partial charge in [0.15, 0.2) is 0 Å². The summed E-state index contributed by atoms with van der Waals surface area (Å²) in [5.74, 6) is 0.431. The van der Waals surface area contributed by atoms with Crippen molar-refractivity contribution in [3.05, 3.63) is 11.8 Å². The molecule has 1 aliphatic rings. The fourth-order valence-corrected chi connectivity index (χ4v) is 2.05. The molecular weight excluding hydrogens is 186 g/mol. The Kier molecular flexibility index (Phi) is 4.16. The predicted molar refractivity (Wildman–Crippen MR) is 62.2 cm³/mol. The lowest BCUT2D eigenvalue weighted by molar-refractivity contribution is 0.220. The topological polar surface area (TPSA) is 39.1 Å². The van der Waals surface area contributed by atoms with E-state index < -0.39 is 0 Å². The Balaban J connectivity index is 2.73. The molecule has 2 atom stereocenters. The lowest BCUT2D eigenvalue weighted by atomic mass is 10.1. The zero-order valence-electron chi connectivity index (χ0n) is 10.1. The lowest BCUT2D eigenvalue weighted by Gasteiger charge is -2.37. The third-order valence-electron chi connectivity index (χ3n) is 2.50. The Hall–Kier alpha value is -1.01. The van der Waals surface area contributed by atoms with E-state index in [9.17, 15) is 0 Å². The molecule has 0 unspecified atom stereocenters. The Bertz CT molecular complexity index is 265. The summed E-state index contributed by atoms with van der Waals surface area (Å²) in [5, 5.41) is 12.6. The largest absolute Gasteiger partial charge is 0.360 e. The van der Waals surface area contributed by atoms with Crippen LogP contribution in [0.5, 0.6) is 0 Å². The molecule has 1 fully saturated rings. The molecule has 1 N–H and O–H groups in total. The smallest absolute Gasteiger partial charge is 0.117 e. The van der Waals surface area contributed by atoms with E-state index in [4.69, 9.17) is 5.26 Å². The Morgan fingerprint density at radius 3 is 2.33 bits per heavy atom. The highest BCUT2D eigenvalue weighted by Crippen LogP contribution is 2.13. The summed E-state index contributed by atoms with van der Waals surface area (Å²) in [6.07, 6.45) is 2.05. The number of piperazine rings is 1. The van der Waals surface area contributed by atoms with Crippen LogP contribution in [0.1, 0.15) is 27.7 Å². The van der Waals surface area contributed by atoms with Crippen LogP contribution in [0.15, 0.2) is 11.8 Å². The van der Waals surface area contributed by atoms with E-state index in [-0.39, 0.29) is 0 Å². The van der Waals surface area contributed by atoms with Crippen LogP contribution >= 0.6 is 0 Å². The molecule has 3 nitrogen and oxygen atoms in total. The second-order valence-corrected chi connectivity index (χ2v) is 4.78. The molecule has 0 aromatic heterocycles. The van der Waals surface area contributed by atoms with Crippen molar-refractivity contribution in [2.75, 3.05) is 13.1 Å². The number of nitriles is 1. The fourth-order valence-electron chi connectivity index (χ4n) is 2.05. The van der Waals surface area contributed by atoms with Crippen molar-refractivity contribution in [3.63, 3.8) is 0 Å². The van der Waals surface area contributed by atoms with Gasteiger partial charge in [0.05, 0.1) is 0 Å². The minimum absolute atomic E-state index is 0.431. The maximum Gasteiger partial charge on any atom is 0.117 e. The molecule has 0 amide bonds. The van der Waals surface area contributed by atoms with E-state index in [1.165, 1.54) is 0 Å². The van der Waals surface area contributed by atoms with Gasteiger partial charge in [-0.3, -0.25) is 0 Å². The van der Waals surface area contributed by atoms with Gasteiger partial charge in [-0.25, -0.2) is 0 Å². The molecule has 0 aromatic carbocycles. The third kappa shape index (κ3) is 3.56. The van der Waals surface area contributed by atoms with Crippen molar-refractivity contribution in [1.82, 2.24) is 10.2 Å². The third-order valence-corrected chi connectivity index (χ3v) is 2.50. The van der Waals surface area contributed by atoms with Gasteiger partial charge in [0.2, 0.25) is 0 Å². The highest BCUT2D eigenvalue weighted by molar-refractivity contribution is 5.21. The highest BCUT2D eigenvalue weighted by atomic mass is 15.2. The molecule has 1 rings (SSSR count). The van der Waals surface area contributed by atoms with Crippen molar-refractivity contribution < 1.29 is 0 Å². The molecule has 3 heteroatoms. The number of hydrogen-bond acceptors (Lipinski definition) is 3. The van der Waals surface area contributed by atoms with Crippen LogP contribution < -0.4 is 5.32 Å². The molecular formula is C12H21N3. The highest BCUT2D eigenvalue weighted by Gasteiger charge is 2.22. The summed E-state index contributed by atoms with van der Waals surface area (Å²) < 4.78 is 0. The summed E-state index contributed by atoms with van der Waals surface area (Å²) >= 11 is 0. The number of nitrogens with zero attached hydrogens (tertiary/aromatic N) is 2. The first kappa shape index (κ1) is 12.1. The monoisotopic (exact) mass is 207 g/mol. The zero-order valence-corrected chi connectivity index (χ0v) is 10.1. The van der Waals surface area contributed by atoms with E-state index in [0.29, 0.717) is 18.0 Å². The Morgan fingerprint density at radius 2 is 1.93 bits per heavy atom. The first-order chi connectivity index (χ1) is 7.02. The number of hydrogen-bond donors (Lipinski definition) is 1. The summed E-state index contributed by atoms with van der Waals surface area (Å²) in [4.78, 5) is 2.19. The van der Waals surface area contributed by atoms with Gasteiger partial charge in [0, 0.05) is 25.2 Å². The van der Waals surface area contributed by atoms with E-state index in [0.717, 1.165) is 18.8 Å². The summed E-state index contributed by atoms with van der Waals surface area (Å²) in [5.41, 5.74) is 0.824. The summed E-state index contributed by atoms with van der Waals surface area (Å²) in [7, 11) is 0. The molecule has 0 spiro atoms. The van der Waals surface area contributed by atoms with Crippen molar-refractivity contribution in [2.24, 2.45) is 5.92 Å². The van der Waals surface area contributed by atoms with Crippen LogP contribution in [0.3, 0.4) is 0 Å². The first-order valence-electron chi connectivity index (χ1n) is 5.65. The van der Waals surface area contributed by atoms with Gasteiger partial charge in [-0.1, -0.05) is 13.8 Å². The van der Waals surface area contributed by atoms with Crippen LogP contribution in [0.25, 0.3) is 0 Å². The van der Waals surface area contributed by atoms with Gasteiger partial charge in [-0.05, 0) is 25.8 Å². The molecule has 1 heterocycles. The first-order valence-corrected chi connectivity index (χ1v) is 5.65. The van der Waals surface area contributed by atoms with Gasteiger partial charge in [0.25, 0.3) is 0 Å². The number of allylic oxidation sites excluding steroid dienone is 2. The average Bonchev–Trinajstić information content (AvgIpc) is 2.12. The second kappa shape index (κ2) is 5.18. The van der Waals surface area contributed by atoms with E-state index in [2.05, 4.69) is 44.0 Å². The SMILES string of the molecule is CC(C)/C=C(\C#N)N1C[C@@H](C)N[C@@H](C)C1. The van der Waals surface area contributed by atoms with Crippen molar-refractivity contribution in [2.45, 2.75) is 39.8 Å². The van der Waals surface area contributed by atoms with Crippen LogP contribution in [0.2, 0.25) is 0 Å². The average molecular weight is 207 g/mol. The fraction of sp³-hybridized carbons (Fsp3) is 0.750. The molecule has 0 bridgehead atoms. The maximum atomic E-state index is 9.12. The second-order valence-electron chi connectivity index (χ2n) is 4.78. The van der Waals surface area contributed by atoms with Crippen LogP contribution in [0, 0.1) is 17.2 Å². The van der Waals surface area contributed by atoms with Crippen LogP contribution in [-0.2, 0) is 0 Å². The van der Waals surface area contributed by atoms with Crippen LogP contribution in [-0.4, -0.2) is 30.1 Å². The van der Waals surface area contributed by atoms with E-state index in [1.807, 2.05) is 6.08 Å². The standard InChI is InChI=1S/C12H21N3/c1-9(2)5-12(6-13)15-7-10(3)14-11(4)8-15/h5,9-11,14H,7-8H2,1-4H3/b12-5+/t10-,11+. The van der Waals surface area contributed by atoms with Gasteiger partial charge >= 0.3 is 0 Å². The predicted octanol–water partition coefficient (Wildman–Crippen LogP) is 1.73. The van der Waals surface area contributed by atoms with Crippen molar-refractivity contribution >= 4 is 0 Å². The summed E-state index contributed by atoms with van der Waals surface area (Å²) in [6.45, 7) is 10.4. The minimum Gasteiger partial charge on any atom is -0.360 e. The zero-order chi connectivity index (χ0) is 11.4. The molecule has 15 heavy (non-hydrogen) atoms. The quantitative estimate of drug-likeness (QED) is 0.701. The van der Waals surface area contributed by atoms with Crippen LogP contribution in [0.4, 0.5) is 0 Å². The minimum atomic E-state index is 0.431. The molecule has 0 aromatic rings. The van der Waals surface area contributed by atoms with Gasteiger partial charge in [-0.15, -0.1) is 0 Å². The summed E-state index contributed by atoms with van der Waals surface area (Å²) in [6, 6.07) is 3.22. The molecule has 1 aliphatic heterocycles. The lowest BCUT2D eigenvalue weighted by Crippen LogP contribution is -2.53. The number of nitrogens with one attached hydrogen (secondary N) is 1. The Morgan fingerprint density at radius 1 is 1.40 bits per heavy atom. The molecule has 84 valence electrons.